The minimum Gasteiger partial charge on any atom is -0.497 e. The van der Waals surface area contributed by atoms with Gasteiger partial charge in [0, 0.05) is 23.7 Å². The largest absolute Gasteiger partial charge is 0.497 e. The van der Waals surface area contributed by atoms with Gasteiger partial charge in [0.05, 0.1) is 20.2 Å². The number of aryl methyl sites for hydroxylation is 1. The number of methoxy groups -OCH3 is 1. The molecular formula is C28H34N6O2. The summed E-state index contributed by atoms with van der Waals surface area (Å²) in [5.41, 5.74) is 4.02. The van der Waals surface area contributed by atoms with Crippen molar-refractivity contribution in [2.45, 2.75) is 71.1 Å². The van der Waals surface area contributed by atoms with Crippen molar-refractivity contribution in [3.05, 3.63) is 81.4 Å². The van der Waals surface area contributed by atoms with E-state index in [1.54, 1.807) is 7.11 Å². The minimum atomic E-state index is -0.0228. The maximum atomic E-state index is 13.0. The second-order valence-corrected chi connectivity index (χ2v) is 9.70. The first-order chi connectivity index (χ1) is 17.6. The lowest BCUT2D eigenvalue weighted by molar-refractivity contribution is 0.134. The van der Waals surface area contributed by atoms with E-state index >= 15 is 0 Å². The van der Waals surface area contributed by atoms with Gasteiger partial charge in [0.2, 0.25) is 0 Å². The Morgan fingerprint density at radius 3 is 2.56 bits per heavy atom. The number of rotatable bonds is 9. The van der Waals surface area contributed by atoms with Gasteiger partial charge in [-0.15, -0.1) is 5.10 Å². The summed E-state index contributed by atoms with van der Waals surface area (Å²) < 4.78 is 7.13. The fourth-order valence-electron chi connectivity index (χ4n) is 5.16. The number of hydrogen-bond donors (Lipinski definition) is 1. The third-order valence-electron chi connectivity index (χ3n) is 7.30. The van der Waals surface area contributed by atoms with E-state index in [4.69, 9.17) is 4.74 Å². The van der Waals surface area contributed by atoms with Crippen LogP contribution in [-0.4, -0.2) is 43.2 Å². The summed E-state index contributed by atoms with van der Waals surface area (Å²) in [5, 5.41) is 13.7. The van der Waals surface area contributed by atoms with Crippen molar-refractivity contribution in [3.63, 3.8) is 0 Å². The van der Waals surface area contributed by atoms with Crippen molar-refractivity contribution >= 4 is 10.9 Å². The molecule has 36 heavy (non-hydrogen) atoms. The Hall–Kier alpha value is -3.52. The molecule has 0 bridgehead atoms. The molecule has 8 heteroatoms. The zero-order valence-corrected chi connectivity index (χ0v) is 21.1. The zero-order valence-electron chi connectivity index (χ0n) is 21.1. The summed E-state index contributed by atoms with van der Waals surface area (Å²) in [6.07, 6.45) is 6.93. The van der Waals surface area contributed by atoms with E-state index in [2.05, 4.69) is 50.5 Å². The SMILES string of the molecule is CCc1ccc2[nH]c(=O)c(CN(Cc3nnnn3Cc3ccc(OC)cc3)C3CCCCC3)cc2c1. The first-order valence-corrected chi connectivity index (χ1v) is 12.9. The molecule has 0 unspecified atom stereocenters. The summed E-state index contributed by atoms with van der Waals surface area (Å²) in [4.78, 5) is 18.5. The van der Waals surface area contributed by atoms with Crippen LogP contribution in [0.1, 0.15) is 61.5 Å². The number of fused-ring (bicyclic) bond motifs is 1. The standard InChI is InChI=1S/C28H34N6O2/c1-3-20-11-14-26-22(15-20)16-23(28(35)29-26)18-33(24-7-5-4-6-8-24)19-27-30-31-32-34(27)17-21-9-12-25(36-2)13-10-21/h9-16,24H,3-8,17-19H2,1-2H3,(H,29,35). The lowest BCUT2D eigenvalue weighted by Crippen LogP contribution is -2.38. The molecule has 0 atom stereocenters. The van der Waals surface area contributed by atoms with Crippen LogP contribution in [0.15, 0.2) is 53.3 Å². The molecule has 1 N–H and O–H groups in total. The smallest absolute Gasteiger partial charge is 0.252 e. The summed E-state index contributed by atoms with van der Waals surface area (Å²) >= 11 is 0. The Kier molecular flexibility index (Phi) is 7.41. The van der Waals surface area contributed by atoms with Gasteiger partial charge in [0.25, 0.3) is 5.56 Å². The quantitative estimate of drug-likeness (QED) is 0.376. The van der Waals surface area contributed by atoms with Gasteiger partial charge in [0.15, 0.2) is 5.82 Å². The third kappa shape index (κ3) is 5.49. The predicted molar refractivity (Wildman–Crippen MR) is 140 cm³/mol. The highest BCUT2D eigenvalue weighted by atomic mass is 16.5. The van der Waals surface area contributed by atoms with Crippen LogP contribution in [0.25, 0.3) is 10.9 Å². The van der Waals surface area contributed by atoms with Gasteiger partial charge in [-0.2, -0.15) is 0 Å². The van der Waals surface area contributed by atoms with Crippen LogP contribution in [-0.2, 0) is 26.1 Å². The van der Waals surface area contributed by atoms with Gasteiger partial charge < -0.3 is 9.72 Å². The van der Waals surface area contributed by atoms with Gasteiger partial charge in [0.1, 0.15) is 5.75 Å². The normalized spacial score (nSPS) is 14.5. The van der Waals surface area contributed by atoms with Gasteiger partial charge >= 0.3 is 0 Å². The van der Waals surface area contributed by atoms with Crippen LogP contribution in [0.4, 0.5) is 0 Å². The Morgan fingerprint density at radius 1 is 1.03 bits per heavy atom. The lowest BCUT2D eigenvalue weighted by atomic mass is 9.93. The topological polar surface area (TPSA) is 88.9 Å². The molecule has 1 saturated carbocycles. The van der Waals surface area contributed by atoms with E-state index in [-0.39, 0.29) is 5.56 Å². The van der Waals surface area contributed by atoms with Crippen molar-refractivity contribution < 1.29 is 4.74 Å². The summed E-state index contributed by atoms with van der Waals surface area (Å²) in [6.45, 7) is 3.90. The van der Waals surface area contributed by atoms with Crippen molar-refractivity contribution in [3.8, 4) is 5.75 Å². The molecule has 8 nitrogen and oxygen atoms in total. The van der Waals surface area contributed by atoms with E-state index in [1.807, 2.05) is 35.0 Å². The van der Waals surface area contributed by atoms with Crippen LogP contribution in [0.5, 0.6) is 5.75 Å². The number of aromatic nitrogens is 5. The molecule has 1 fully saturated rings. The Labute approximate surface area is 211 Å². The molecular weight excluding hydrogens is 452 g/mol. The molecule has 0 spiro atoms. The molecule has 2 heterocycles. The fraction of sp³-hybridized carbons (Fsp3) is 0.429. The van der Waals surface area contributed by atoms with Crippen molar-refractivity contribution in [2.75, 3.05) is 7.11 Å². The molecule has 1 aliphatic carbocycles. The maximum Gasteiger partial charge on any atom is 0.252 e. The number of pyridine rings is 1. The van der Waals surface area contributed by atoms with Crippen molar-refractivity contribution in [1.82, 2.24) is 30.1 Å². The highest BCUT2D eigenvalue weighted by Crippen LogP contribution is 2.26. The highest BCUT2D eigenvalue weighted by Gasteiger charge is 2.24. The minimum absolute atomic E-state index is 0.0228. The second kappa shape index (κ2) is 11.0. The summed E-state index contributed by atoms with van der Waals surface area (Å²) in [7, 11) is 1.66. The van der Waals surface area contributed by atoms with Gasteiger partial charge in [-0.05, 0) is 76.5 Å². The van der Waals surface area contributed by atoms with E-state index in [0.717, 1.165) is 52.9 Å². The Morgan fingerprint density at radius 2 is 1.81 bits per heavy atom. The van der Waals surface area contributed by atoms with E-state index in [9.17, 15) is 4.79 Å². The molecule has 4 aromatic rings. The number of H-pyrrole nitrogens is 1. The van der Waals surface area contributed by atoms with Crippen LogP contribution >= 0.6 is 0 Å². The van der Waals surface area contributed by atoms with E-state index < -0.39 is 0 Å². The van der Waals surface area contributed by atoms with Gasteiger partial charge in [-0.25, -0.2) is 4.68 Å². The van der Waals surface area contributed by atoms with Gasteiger partial charge in [-0.3, -0.25) is 9.69 Å². The summed E-state index contributed by atoms with van der Waals surface area (Å²) in [5.74, 6) is 1.63. The molecule has 2 aromatic heterocycles. The number of hydrogen-bond acceptors (Lipinski definition) is 6. The number of nitrogens with one attached hydrogen (secondary N) is 1. The maximum absolute atomic E-state index is 13.0. The number of benzene rings is 2. The average molecular weight is 487 g/mol. The Balaban J connectivity index is 1.41. The molecule has 0 radical (unpaired) electrons. The molecule has 5 rings (SSSR count). The number of aromatic amines is 1. The van der Waals surface area contributed by atoms with Crippen molar-refractivity contribution in [1.29, 1.82) is 0 Å². The van der Waals surface area contributed by atoms with Crippen LogP contribution in [0.2, 0.25) is 0 Å². The van der Waals surface area contributed by atoms with Crippen LogP contribution < -0.4 is 10.3 Å². The molecule has 0 amide bonds. The number of tetrazole rings is 1. The third-order valence-corrected chi connectivity index (χ3v) is 7.30. The van der Waals surface area contributed by atoms with Crippen LogP contribution in [0, 0.1) is 0 Å². The van der Waals surface area contributed by atoms with Gasteiger partial charge in [-0.1, -0.05) is 44.4 Å². The molecule has 2 aromatic carbocycles. The highest BCUT2D eigenvalue weighted by molar-refractivity contribution is 5.79. The summed E-state index contributed by atoms with van der Waals surface area (Å²) in [6, 6.07) is 16.7. The van der Waals surface area contributed by atoms with Crippen LogP contribution in [0.3, 0.4) is 0 Å². The number of ether oxygens (including phenoxy) is 1. The second-order valence-electron chi connectivity index (χ2n) is 9.70. The molecule has 188 valence electrons. The lowest BCUT2D eigenvalue weighted by Gasteiger charge is -2.33. The fourth-order valence-corrected chi connectivity index (χ4v) is 5.16. The Bertz CT molecular complexity index is 1350. The molecule has 1 aliphatic rings. The molecule has 0 saturated heterocycles. The number of nitrogens with zero attached hydrogens (tertiary/aromatic N) is 5. The average Bonchev–Trinajstić information content (AvgIpc) is 3.35. The van der Waals surface area contributed by atoms with Crippen molar-refractivity contribution in [2.24, 2.45) is 0 Å². The first-order valence-electron chi connectivity index (χ1n) is 12.9. The van der Waals surface area contributed by atoms with E-state index in [1.165, 1.54) is 24.8 Å². The first kappa shape index (κ1) is 24.2. The monoisotopic (exact) mass is 486 g/mol. The zero-order chi connectivity index (χ0) is 24.9. The predicted octanol–water partition coefficient (Wildman–Crippen LogP) is 4.47. The molecule has 0 aliphatic heterocycles. The van der Waals surface area contributed by atoms with E-state index in [0.29, 0.717) is 25.7 Å².